The molecule has 0 saturated carbocycles. The Bertz CT molecular complexity index is 1440. The van der Waals surface area contributed by atoms with Crippen molar-refractivity contribution >= 4 is 17.5 Å². The van der Waals surface area contributed by atoms with Crippen LogP contribution >= 0.6 is 11.6 Å². The SMILES string of the molecule is Cc1ccccc1-n1nc(Cn2nc(-c3ccc(Cl)cc3)n(CCC(F)(F)F)c2=O)nc1C(N)=O. The molecule has 1 amide bonds. The second-order valence-corrected chi connectivity index (χ2v) is 8.14. The minimum absolute atomic E-state index is 0.0318. The van der Waals surface area contributed by atoms with E-state index >= 15 is 0 Å². The number of nitrogens with zero attached hydrogens (tertiary/aromatic N) is 6. The summed E-state index contributed by atoms with van der Waals surface area (Å²) in [6, 6.07) is 13.3. The summed E-state index contributed by atoms with van der Waals surface area (Å²) in [7, 11) is 0. The summed E-state index contributed by atoms with van der Waals surface area (Å²) in [5, 5.41) is 8.96. The Labute approximate surface area is 201 Å². The zero-order valence-corrected chi connectivity index (χ0v) is 19.1. The third kappa shape index (κ3) is 5.27. The number of carbonyl (C=O) groups is 1. The lowest BCUT2D eigenvalue weighted by molar-refractivity contribution is -0.136. The monoisotopic (exact) mass is 505 g/mol. The maximum atomic E-state index is 13.0. The number of benzene rings is 2. The van der Waals surface area contributed by atoms with E-state index in [0.29, 0.717) is 16.3 Å². The average Bonchev–Trinajstić information content (AvgIpc) is 3.34. The van der Waals surface area contributed by atoms with Crippen LogP contribution in [0.2, 0.25) is 5.02 Å². The van der Waals surface area contributed by atoms with Crippen LogP contribution in [0.5, 0.6) is 0 Å². The van der Waals surface area contributed by atoms with Gasteiger partial charge in [-0.25, -0.2) is 19.1 Å². The summed E-state index contributed by atoms with van der Waals surface area (Å²) in [4.78, 5) is 29.1. The maximum Gasteiger partial charge on any atom is 0.390 e. The molecule has 0 fully saturated rings. The predicted molar refractivity (Wildman–Crippen MR) is 121 cm³/mol. The van der Waals surface area contributed by atoms with Gasteiger partial charge in [-0.3, -0.25) is 9.36 Å². The highest BCUT2D eigenvalue weighted by molar-refractivity contribution is 6.30. The molecule has 0 aliphatic rings. The van der Waals surface area contributed by atoms with Gasteiger partial charge < -0.3 is 5.73 Å². The molecule has 0 bridgehead atoms. The van der Waals surface area contributed by atoms with Gasteiger partial charge in [-0.1, -0.05) is 29.8 Å². The molecule has 0 spiro atoms. The van der Waals surface area contributed by atoms with E-state index in [1.54, 1.807) is 36.4 Å². The van der Waals surface area contributed by atoms with Gasteiger partial charge in [0.2, 0.25) is 5.82 Å². The standard InChI is InChI=1S/C22H19ClF3N7O2/c1-13-4-2-3-5-16(13)33-20(18(27)34)28-17(29-33)12-32-21(35)31(11-10-22(24,25)26)19(30-32)14-6-8-15(23)9-7-14/h2-9H,10-12H2,1H3,(H2,27,34). The zero-order chi connectivity index (χ0) is 25.3. The molecule has 0 aliphatic carbocycles. The van der Waals surface area contributed by atoms with Crippen LogP contribution < -0.4 is 11.4 Å². The minimum Gasteiger partial charge on any atom is -0.363 e. The van der Waals surface area contributed by atoms with Gasteiger partial charge in [0.15, 0.2) is 11.6 Å². The zero-order valence-electron chi connectivity index (χ0n) is 18.3. The summed E-state index contributed by atoms with van der Waals surface area (Å²) in [5.74, 6) is -0.926. The van der Waals surface area contributed by atoms with E-state index in [4.69, 9.17) is 17.3 Å². The third-order valence-electron chi connectivity index (χ3n) is 5.15. The van der Waals surface area contributed by atoms with Gasteiger partial charge in [-0.05, 0) is 42.8 Å². The molecule has 4 aromatic rings. The summed E-state index contributed by atoms with van der Waals surface area (Å²) in [6.45, 7) is 0.891. The van der Waals surface area contributed by atoms with Crippen LogP contribution in [0.4, 0.5) is 13.2 Å². The number of rotatable bonds is 7. The Balaban J connectivity index is 1.76. The Morgan fingerprint density at radius 2 is 1.77 bits per heavy atom. The van der Waals surface area contributed by atoms with E-state index in [-0.39, 0.29) is 24.0 Å². The fraction of sp³-hybridized carbons (Fsp3) is 0.227. The quantitative estimate of drug-likeness (QED) is 0.414. The molecule has 2 aromatic heterocycles. The van der Waals surface area contributed by atoms with Crippen LogP contribution in [0, 0.1) is 6.92 Å². The highest BCUT2D eigenvalue weighted by Gasteiger charge is 2.29. The number of carbonyl (C=O) groups excluding carboxylic acids is 1. The number of halogens is 4. The van der Waals surface area contributed by atoms with E-state index < -0.39 is 30.7 Å². The number of aryl methyl sites for hydroxylation is 1. The first-order chi connectivity index (χ1) is 16.5. The first-order valence-corrected chi connectivity index (χ1v) is 10.7. The molecule has 9 nitrogen and oxygen atoms in total. The molecule has 0 atom stereocenters. The number of para-hydroxylation sites is 1. The highest BCUT2D eigenvalue weighted by Crippen LogP contribution is 2.23. The second kappa shape index (κ2) is 9.37. The summed E-state index contributed by atoms with van der Waals surface area (Å²) >= 11 is 5.91. The van der Waals surface area contributed by atoms with Crippen LogP contribution in [0.25, 0.3) is 17.1 Å². The lowest BCUT2D eigenvalue weighted by Gasteiger charge is -2.08. The van der Waals surface area contributed by atoms with Crippen molar-refractivity contribution in [1.29, 1.82) is 0 Å². The van der Waals surface area contributed by atoms with Crippen molar-refractivity contribution in [2.24, 2.45) is 5.73 Å². The molecule has 0 saturated heterocycles. The molecule has 0 aliphatic heterocycles. The first kappa shape index (κ1) is 24.2. The fourth-order valence-electron chi connectivity index (χ4n) is 3.48. The van der Waals surface area contributed by atoms with Crippen LogP contribution in [0.3, 0.4) is 0 Å². The van der Waals surface area contributed by atoms with E-state index in [1.165, 1.54) is 4.68 Å². The number of hydrogen-bond donors (Lipinski definition) is 1. The van der Waals surface area contributed by atoms with Gasteiger partial charge in [-0.15, -0.1) is 10.2 Å². The highest BCUT2D eigenvalue weighted by atomic mass is 35.5. The Morgan fingerprint density at radius 1 is 1.09 bits per heavy atom. The molecule has 2 N–H and O–H groups in total. The number of alkyl halides is 3. The largest absolute Gasteiger partial charge is 0.390 e. The van der Waals surface area contributed by atoms with Crippen molar-refractivity contribution in [3.05, 3.63) is 81.3 Å². The Morgan fingerprint density at radius 3 is 2.40 bits per heavy atom. The van der Waals surface area contributed by atoms with Crippen LogP contribution in [0.15, 0.2) is 53.3 Å². The van der Waals surface area contributed by atoms with Crippen LogP contribution in [0.1, 0.15) is 28.4 Å². The number of nitrogens with two attached hydrogens (primary N) is 1. The van der Waals surface area contributed by atoms with Gasteiger partial charge >= 0.3 is 11.9 Å². The van der Waals surface area contributed by atoms with E-state index in [1.807, 2.05) is 19.1 Å². The van der Waals surface area contributed by atoms with Crippen molar-refractivity contribution in [3.63, 3.8) is 0 Å². The molecule has 2 aromatic carbocycles. The van der Waals surface area contributed by atoms with Gasteiger partial charge in [0.25, 0.3) is 5.91 Å². The van der Waals surface area contributed by atoms with Gasteiger partial charge in [0.1, 0.15) is 6.54 Å². The van der Waals surface area contributed by atoms with E-state index in [0.717, 1.165) is 14.8 Å². The van der Waals surface area contributed by atoms with E-state index in [2.05, 4.69) is 15.2 Å². The van der Waals surface area contributed by atoms with Crippen molar-refractivity contribution in [3.8, 4) is 17.1 Å². The summed E-state index contributed by atoms with van der Waals surface area (Å²) in [6.07, 6.45) is -5.69. The topological polar surface area (TPSA) is 114 Å². The Hall–Kier alpha value is -3.93. The van der Waals surface area contributed by atoms with Crippen molar-refractivity contribution in [1.82, 2.24) is 29.1 Å². The number of aromatic nitrogens is 6. The number of amides is 1. The van der Waals surface area contributed by atoms with Crippen molar-refractivity contribution < 1.29 is 18.0 Å². The normalized spacial score (nSPS) is 11.7. The summed E-state index contributed by atoms with van der Waals surface area (Å²) < 4.78 is 41.9. The maximum absolute atomic E-state index is 13.0. The van der Waals surface area contributed by atoms with Crippen LogP contribution in [-0.4, -0.2) is 41.2 Å². The lowest BCUT2D eigenvalue weighted by Crippen LogP contribution is -2.27. The van der Waals surface area contributed by atoms with Gasteiger partial charge in [-0.2, -0.15) is 13.2 Å². The molecular weight excluding hydrogens is 487 g/mol. The number of primary amides is 1. The molecule has 2 heterocycles. The smallest absolute Gasteiger partial charge is 0.363 e. The van der Waals surface area contributed by atoms with Crippen molar-refractivity contribution in [2.75, 3.05) is 0 Å². The predicted octanol–water partition coefficient (Wildman–Crippen LogP) is 3.35. The molecule has 4 rings (SSSR count). The van der Waals surface area contributed by atoms with Crippen LogP contribution in [-0.2, 0) is 13.1 Å². The molecular formula is C22H19ClF3N7O2. The lowest BCUT2D eigenvalue weighted by atomic mass is 10.2. The van der Waals surface area contributed by atoms with Gasteiger partial charge in [0, 0.05) is 17.1 Å². The van der Waals surface area contributed by atoms with E-state index in [9.17, 15) is 22.8 Å². The number of hydrogen-bond acceptors (Lipinski definition) is 5. The van der Waals surface area contributed by atoms with Crippen molar-refractivity contribution in [2.45, 2.75) is 32.6 Å². The first-order valence-electron chi connectivity index (χ1n) is 10.4. The third-order valence-corrected chi connectivity index (χ3v) is 5.40. The molecule has 0 unspecified atom stereocenters. The average molecular weight is 506 g/mol. The molecule has 35 heavy (non-hydrogen) atoms. The summed E-state index contributed by atoms with van der Waals surface area (Å²) in [5.41, 5.74) is 6.45. The minimum atomic E-state index is -4.47. The van der Waals surface area contributed by atoms with Gasteiger partial charge in [0.05, 0.1) is 12.1 Å². The molecule has 13 heteroatoms. The molecule has 182 valence electrons. The fourth-order valence-corrected chi connectivity index (χ4v) is 3.61. The molecule has 0 radical (unpaired) electrons. The second-order valence-electron chi connectivity index (χ2n) is 7.70. The Kier molecular flexibility index (Phi) is 6.48.